The number of rotatable bonds is 25. The van der Waals surface area contributed by atoms with Crippen molar-refractivity contribution in [2.75, 3.05) is 61.2 Å². The zero-order valence-corrected chi connectivity index (χ0v) is 84.0. The van der Waals surface area contributed by atoms with Crippen LogP contribution in [0.25, 0.3) is 16.7 Å². The Labute approximate surface area is 823 Å². The third-order valence-corrected chi connectivity index (χ3v) is 26.3. The third-order valence-electron chi connectivity index (χ3n) is 25.8. The van der Waals surface area contributed by atoms with E-state index in [1.165, 1.54) is 170 Å². The summed E-state index contributed by atoms with van der Waals surface area (Å²) in [6.07, 6.45) is 32.2. The summed E-state index contributed by atoms with van der Waals surface area (Å²) in [4.78, 5) is 117. The SMILES string of the molecule is COC(=O)c1ccc(Br)cc1C.COC(=O)c1ccc(C2=CCCCC2)cc1C.COC(=O)c1ccc(C2CCCCC2)cc1C.Cc1cc(C2CCCCC2)ccc1C(=O)C[C@@H](CCN)C(=O)N(C)[C@@H]1C(=O)C[C@@H](C)C(=O)N[C@H](C(=O)CCC#N)Cc2ccc(OCCN)c(c2)-c2cc1ccc2OCCN.Cc1cc(C2CCCCC2)ccc1C(=O)O.OB(O)C1=CCCCC1.[Na+].[OH-]. The second kappa shape index (κ2) is 58.6. The monoisotopic (exact) mass is 1910 g/mol. The number of fused-ring (bicyclic) bond motifs is 5. The molecule has 0 unspecified atom stereocenters. The molecule has 0 saturated heterocycles. The minimum atomic E-state index is -1.20. The molecule has 24 nitrogen and oxygen atoms in total. The van der Waals surface area contributed by atoms with Gasteiger partial charge in [-0.3, -0.25) is 24.0 Å². The molecule has 2 amide bonds. The number of aromatic carboxylic acids is 1. The van der Waals surface area contributed by atoms with Gasteiger partial charge in [0.2, 0.25) is 11.8 Å². The van der Waals surface area contributed by atoms with Crippen LogP contribution in [0.5, 0.6) is 11.5 Å². The predicted molar refractivity (Wildman–Crippen MR) is 524 cm³/mol. The molecule has 5 aliphatic carbocycles. The molecule has 0 aromatic heterocycles. The molecule has 3 saturated carbocycles. The van der Waals surface area contributed by atoms with Gasteiger partial charge in [-0.15, -0.1) is 0 Å². The van der Waals surface area contributed by atoms with Crippen LogP contribution in [0.15, 0.2) is 149 Å². The Morgan fingerprint density at radius 1 is 0.545 bits per heavy atom. The number of ketones is 3. The number of carbonyl (C=O) groups excluding carboxylic acids is 8. The van der Waals surface area contributed by atoms with Gasteiger partial charge < -0.3 is 71.7 Å². The first-order valence-electron chi connectivity index (χ1n) is 47.0. The molecule has 6 aliphatic rings. The van der Waals surface area contributed by atoms with Crippen molar-refractivity contribution in [2.45, 2.75) is 258 Å². The van der Waals surface area contributed by atoms with Gasteiger partial charge in [-0.05, 0) is 295 Å². The van der Waals surface area contributed by atoms with Crippen molar-refractivity contribution in [3.8, 4) is 28.7 Å². The number of esters is 3. The normalized spacial score (nSPS) is 16.9. The fraction of sp³-hybridized carbons (Fsp3) is 0.477. The van der Waals surface area contributed by atoms with Crippen LogP contribution in [0.4, 0.5) is 0 Å². The first-order valence-corrected chi connectivity index (χ1v) is 47.8. The molecule has 1 heterocycles. The smallest absolute Gasteiger partial charge is 0.870 e. The molecule has 7 aromatic rings. The van der Waals surface area contributed by atoms with Gasteiger partial charge in [0.05, 0.1) is 55.7 Å². The number of carboxylic acids is 1. The molecule has 13 rings (SSSR count). The summed E-state index contributed by atoms with van der Waals surface area (Å²) >= 11 is 3.32. The van der Waals surface area contributed by atoms with Crippen molar-refractivity contribution in [1.29, 1.82) is 5.26 Å². The summed E-state index contributed by atoms with van der Waals surface area (Å²) in [6, 6.07) is 39.8. The zero-order valence-electron chi connectivity index (χ0n) is 80.4. The van der Waals surface area contributed by atoms with E-state index < -0.39 is 54.6 Å². The number of nitriles is 1. The van der Waals surface area contributed by atoms with Crippen LogP contribution in [-0.4, -0.2) is 153 Å². The molecule has 716 valence electrons. The van der Waals surface area contributed by atoms with Gasteiger partial charge in [-0.1, -0.05) is 160 Å². The number of nitrogens with two attached hydrogens (primary N) is 3. The number of ether oxygens (including phenoxy) is 5. The first kappa shape index (κ1) is 113. The average molecular weight is 1910 g/mol. The van der Waals surface area contributed by atoms with E-state index in [4.69, 9.17) is 51.3 Å². The minimum absolute atomic E-state index is 0. The fourth-order valence-corrected chi connectivity index (χ4v) is 18.8. The Kier molecular flexibility index (Phi) is 49.4. The Balaban J connectivity index is 0.000000300. The number of nitrogens with zero attached hydrogens (tertiary/aromatic N) is 2. The summed E-state index contributed by atoms with van der Waals surface area (Å²) in [5.41, 5.74) is 35.0. The van der Waals surface area contributed by atoms with Crippen molar-refractivity contribution in [3.63, 3.8) is 0 Å². The van der Waals surface area contributed by atoms with Crippen LogP contribution in [-0.2, 0) is 39.8 Å². The second-order valence-electron chi connectivity index (χ2n) is 35.4. The van der Waals surface area contributed by atoms with E-state index >= 15 is 0 Å². The quantitative estimate of drug-likeness (QED) is 0.0121. The number of amides is 2. The van der Waals surface area contributed by atoms with Gasteiger partial charge >= 0.3 is 60.6 Å². The number of likely N-dealkylation sites (N-methyl/N-ethyl adjacent to an activating group) is 1. The van der Waals surface area contributed by atoms with E-state index in [-0.39, 0.29) is 136 Å². The first-order chi connectivity index (χ1) is 63.5. The molecule has 0 radical (unpaired) electrons. The Hall–Kier alpha value is -9.76. The van der Waals surface area contributed by atoms with E-state index in [0.29, 0.717) is 79.3 Å². The van der Waals surface area contributed by atoms with Crippen molar-refractivity contribution in [3.05, 3.63) is 239 Å². The molecule has 27 heteroatoms. The molecular formula is C107H139BBrN6NaO18. The average Bonchev–Trinajstić information content (AvgIpc) is 0.775. The Morgan fingerprint density at radius 3 is 1.43 bits per heavy atom. The molecule has 134 heavy (non-hydrogen) atoms. The number of methoxy groups -OCH3 is 3. The van der Waals surface area contributed by atoms with E-state index in [1.54, 1.807) is 49.4 Å². The number of hydrogen-bond acceptors (Lipinski definition) is 21. The topological polar surface area (TPSA) is 408 Å². The van der Waals surface area contributed by atoms with Gasteiger partial charge in [0.15, 0.2) is 17.3 Å². The number of carbonyl (C=O) groups is 9. The fourth-order valence-electron chi connectivity index (χ4n) is 18.4. The summed E-state index contributed by atoms with van der Waals surface area (Å²) < 4.78 is 27.3. The van der Waals surface area contributed by atoms with Crippen LogP contribution in [0.2, 0.25) is 0 Å². The van der Waals surface area contributed by atoms with Gasteiger partial charge in [0.25, 0.3) is 0 Å². The maximum Gasteiger partial charge on any atom is 1.00 e. The van der Waals surface area contributed by atoms with Crippen LogP contribution >= 0.6 is 15.9 Å². The summed E-state index contributed by atoms with van der Waals surface area (Å²) in [5.74, 6) is -2.49. The zero-order chi connectivity index (χ0) is 95.9. The number of nitrogens with one attached hydrogen (secondary N) is 1. The van der Waals surface area contributed by atoms with Crippen molar-refractivity contribution in [2.24, 2.45) is 29.0 Å². The van der Waals surface area contributed by atoms with Crippen molar-refractivity contribution in [1.82, 2.24) is 10.2 Å². The molecule has 4 bridgehead atoms. The Bertz CT molecular complexity index is 5190. The molecule has 11 N–H and O–H groups in total. The number of allylic oxidation sites excluding steroid dienone is 4. The van der Waals surface area contributed by atoms with E-state index in [1.807, 2.05) is 101 Å². The number of benzene rings is 7. The molecule has 7 aromatic carbocycles. The minimum Gasteiger partial charge on any atom is -0.870 e. The third kappa shape index (κ3) is 33.9. The largest absolute Gasteiger partial charge is 1.00 e. The molecule has 4 atom stereocenters. The maximum atomic E-state index is 14.7. The predicted octanol–water partition coefficient (Wildman–Crippen LogP) is 16.8. The number of hydrogen-bond donors (Lipinski definition) is 7. The van der Waals surface area contributed by atoms with Gasteiger partial charge in [0.1, 0.15) is 30.8 Å². The van der Waals surface area contributed by atoms with E-state index in [2.05, 4.69) is 62.4 Å². The van der Waals surface area contributed by atoms with Crippen molar-refractivity contribution >= 4 is 81.7 Å². The van der Waals surface area contributed by atoms with E-state index in [0.717, 1.165) is 76.3 Å². The summed E-state index contributed by atoms with van der Waals surface area (Å²) in [5, 5.41) is 38.4. The van der Waals surface area contributed by atoms with E-state index in [9.17, 15) is 48.4 Å². The maximum absolute atomic E-state index is 14.7. The second-order valence-corrected chi connectivity index (χ2v) is 36.4. The van der Waals surface area contributed by atoms with Crippen LogP contribution in [0, 0.1) is 57.8 Å². The molecule has 1 aliphatic heterocycles. The van der Waals surface area contributed by atoms with Gasteiger partial charge in [-0.2, -0.15) is 5.26 Å². The molecular weight excluding hydrogens is 1770 g/mol. The number of Topliss-reactive ketones (excluding diaryl/α,β-unsaturated/α-hetero) is 3. The Morgan fingerprint density at radius 2 is 1.00 bits per heavy atom. The molecule has 0 spiro atoms. The van der Waals surface area contributed by atoms with Crippen molar-refractivity contribution < 1.29 is 117 Å². The van der Waals surface area contributed by atoms with Gasteiger partial charge in [0, 0.05) is 78.8 Å². The summed E-state index contributed by atoms with van der Waals surface area (Å²) in [7, 11) is 4.56. The summed E-state index contributed by atoms with van der Waals surface area (Å²) in [6.45, 7) is 12.2. The standard InChI is InChI=1S/C48H62N6O7.C15H20O2.C15H18O2.C14H18O2.C9H9BrO2.C6H11BO2.Na.H2O/c1-30-24-34(33-8-5-4-6-9-33)12-14-37(30)42(56)29-36(17-19-50)48(59)54(3)46-35-13-16-45(61-23-21-52)39(28-35)38-26-32(11-15-44(38)60-22-20-51)27-40(41(55)10-7-18-49)53-47(58)31(2)25-43(46)57;2*1-11-10-13(12-6-4-3-5-7-12)8-9-14(11)15(16)17-2;1-10-9-12(7-8-13(10)14(15)16)11-5-3-2-4-6-11;1-6-5-7(10)3-4-8(6)9(11)12-2;8-7(9)6-4-2-1-3-5-6;;/h11-16,24,26,28,31,33,36,40,46H,4-10,17,19-23,25,27,29,50-52H2,1-3H3,(H,53,58);8-10,12H,3-7H2,1-2H3;6,8-10H,3-5,7H2,1-2H3;7-9,11H,2-6H2,1H3,(H,15,16);3-5H,1-2H3;4,8-9H,1-3,5H2;;1H2/q;;;;;;+1;/p-1/t31-,36-,40+,46+;;;;;;;/m1......./s1. The van der Waals surface area contributed by atoms with Gasteiger partial charge in [-0.25, -0.2) is 19.2 Å². The van der Waals surface area contributed by atoms with Crippen LogP contribution < -0.4 is 61.5 Å². The number of halogens is 1. The van der Waals surface area contributed by atoms with Crippen LogP contribution in [0.3, 0.4) is 0 Å². The number of carboxylic acid groups (broad SMARTS) is 1. The molecule has 3 fully saturated rings. The van der Waals surface area contributed by atoms with Crippen LogP contribution in [0.1, 0.15) is 323 Å². The number of aryl methyl sites for hydroxylation is 5.